The van der Waals surface area contributed by atoms with E-state index in [9.17, 15) is 0 Å². The van der Waals surface area contributed by atoms with Crippen molar-refractivity contribution in [2.24, 2.45) is 0 Å². The van der Waals surface area contributed by atoms with Crippen LogP contribution >= 0.6 is 0 Å². The van der Waals surface area contributed by atoms with Crippen LogP contribution in [0.25, 0.3) is 16.6 Å². The molecule has 0 atom stereocenters. The fourth-order valence-electron chi connectivity index (χ4n) is 2.32. The Morgan fingerprint density at radius 1 is 1.11 bits per heavy atom. The first-order valence-corrected chi connectivity index (χ1v) is 6.22. The second-order valence-electron chi connectivity index (χ2n) is 5.76. The third-order valence-corrected chi connectivity index (χ3v) is 3.19. The summed E-state index contributed by atoms with van der Waals surface area (Å²) in [5.41, 5.74) is 3.14. The van der Waals surface area contributed by atoms with Gasteiger partial charge in [-0.1, -0.05) is 32.9 Å². The van der Waals surface area contributed by atoms with E-state index in [2.05, 4.69) is 49.2 Å². The molecular formula is C15H17N3. The third kappa shape index (κ3) is 1.50. The maximum absolute atomic E-state index is 4.83. The van der Waals surface area contributed by atoms with Crippen molar-refractivity contribution in [2.45, 2.75) is 33.1 Å². The molecule has 0 spiro atoms. The van der Waals surface area contributed by atoms with Gasteiger partial charge in [0, 0.05) is 22.7 Å². The van der Waals surface area contributed by atoms with E-state index < -0.39 is 0 Å². The van der Waals surface area contributed by atoms with Crippen LogP contribution in [0.2, 0.25) is 0 Å². The van der Waals surface area contributed by atoms with E-state index in [4.69, 9.17) is 4.98 Å². The highest BCUT2D eigenvalue weighted by atomic mass is 15.1. The zero-order chi connectivity index (χ0) is 12.9. The molecule has 3 aromatic rings. The number of fused-ring (bicyclic) bond motifs is 3. The monoisotopic (exact) mass is 239 g/mol. The van der Waals surface area contributed by atoms with E-state index in [0.29, 0.717) is 0 Å². The van der Waals surface area contributed by atoms with Crippen LogP contribution in [0.1, 0.15) is 32.3 Å². The molecule has 0 saturated carbocycles. The summed E-state index contributed by atoms with van der Waals surface area (Å²) >= 11 is 0. The maximum atomic E-state index is 4.83. The molecule has 0 unspecified atom stereocenters. The summed E-state index contributed by atoms with van der Waals surface area (Å²) in [7, 11) is 0. The number of hydrogen-bond acceptors (Lipinski definition) is 2. The van der Waals surface area contributed by atoms with Gasteiger partial charge in [-0.3, -0.25) is 4.40 Å². The highest BCUT2D eigenvalue weighted by molar-refractivity contribution is 5.91. The third-order valence-electron chi connectivity index (χ3n) is 3.19. The van der Waals surface area contributed by atoms with Gasteiger partial charge in [-0.15, -0.1) is 0 Å². The Bertz CT molecular complexity index is 732. The maximum Gasteiger partial charge on any atom is 0.147 e. The molecule has 0 radical (unpaired) electrons. The number of rotatable bonds is 0. The van der Waals surface area contributed by atoms with Gasteiger partial charge >= 0.3 is 0 Å². The van der Waals surface area contributed by atoms with Crippen molar-refractivity contribution in [3.05, 3.63) is 42.0 Å². The van der Waals surface area contributed by atoms with Crippen LogP contribution in [0.3, 0.4) is 0 Å². The smallest absolute Gasteiger partial charge is 0.147 e. The Kier molecular flexibility index (Phi) is 2.21. The quantitative estimate of drug-likeness (QED) is 0.601. The average molecular weight is 239 g/mol. The summed E-state index contributed by atoms with van der Waals surface area (Å²) in [5, 5.41) is 1.11. The van der Waals surface area contributed by atoms with Gasteiger partial charge < -0.3 is 0 Å². The molecule has 0 saturated heterocycles. The van der Waals surface area contributed by atoms with Gasteiger partial charge in [0.2, 0.25) is 0 Å². The van der Waals surface area contributed by atoms with Gasteiger partial charge in [-0.25, -0.2) is 9.97 Å². The van der Waals surface area contributed by atoms with Gasteiger partial charge in [0.25, 0.3) is 0 Å². The van der Waals surface area contributed by atoms with Crippen LogP contribution in [-0.2, 0) is 5.41 Å². The highest BCUT2D eigenvalue weighted by Gasteiger charge is 2.22. The van der Waals surface area contributed by atoms with Crippen LogP contribution in [-0.4, -0.2) is 14.4 Å². The van der Waals surface area contributed by atoms with Crippen molar-refractivity contribution in [1.29, 1.82) is 0 Å². The minimum atomic E-state index is -0.00621. The molecule has 0 aliphatic carbocycles. The van der Waals surface area contributed by atoms with Crippen molar-refractivity contribution in [3.63, 3.8) is 0 Å². The Labute approximate surface area is 106 Å². The number of benzene rings is 1. The Morgan fingerprint density at radius 2 is 1.83 bits per heavy atom. The lowest BCUT2D eigenvalue weighted by molar-refractivity contribution is 0.537. The van der Waals surface area contributed by atoms with Gasteiger partial charge in [-0.2, -0.15) is 0 Å². The number of aryl methyl sites for hydroxylation is 1. The van der Waals surface area contributed by atoms with E-state index in [1.54, 1.807) is 0 Å². The van der Waals surface area contributed by atoms with Gasteiger partial charge in [0.15, 0.2) is 0 Å². The molecule has 0 fully saturated rings. The van der Waals surface area contributed by atoms with Gasteiger partial charge in [0.05, 0.1) is 5.52 Å². The minimum Gasteiger partial charge on any atom is -0.284 e. The van der Waals surface area contributed by atoms with E-state index >= 15 is 0 Å². The summed E-state index contributed by atoms with van der Waals surface area (Å²) in [5.74, 6) is 1.06. The molecule has 0 N–H and O–H groups in total. The standard InChI is InChI=1S/C15H17N3/c1-10-9-16-13-11-7-5-6-8-12(11)17-14(18(10)13)15(2,3)4/h5-9H,1-4H3. The van der Waals surface area contributed by atoms with E-state index in [-0.39, 0.29) is 5.41 Å². The van der Waals surface area contributed by atoms with Crippen LogP contribution in [0.15, 0.2) is 30.5 Å². The number of nitrogens with zero attached hydrogens (tertiary/aromatic N) is 3. The molecule has 0 aliphatic heterocycles. The normalized spacial score (nSPS) is 12.4. The van der Waals surface area contributed by atoms with Crippen LogP contribution in [0, 0.1) is 6.92 Å². The van der Waals surface area contributed by atoms with Crippen molar-refractivity contribution in [3.8, 4) is 0 Å². The van der Waals surface area contributed by atoms with Crippen molar-refractivity contribution < 1.29 is 0 Å². The largest absolute Gasteiger partial charge is 0.284 e. The summed E-state index contributed by atoms with van der Waals surface area (Å²) in [6.07, 6.45) is 1.92. The Morgan fingerprint density at radius 3 is 2.56 bits per heavy atom. The fraction of sp³-hybridized carbons (Fsp3) is 0.333. The molecule has 0 bridgehead atoms. The molecule has 2 aromatic heterocycles. The molecule has 2 heterocycles. The lowest BCUT2D eigenvalue weighted by Crippen LogP contribution is -2.19. The van der Waals surface area contributed by atoms with E-state index in [1.165, 1.54) is 0 Å². The molecule has 0 amide bonds. The van der Waals surface area contributed by atoms with E-state index in [1.807, 2.05) is 18.3 Å². The second kappa shape index (κ2) is 3.55. The Balaban J connectivity index is 2.57. The summed E-state index contributed by atoms with van der Waals surface area (Å²) in [4.78, 5) is 9.37. The van der Waals surface area contributed by atoms with Crippen molar-refractivity contribution in [2.75, 3.05) is 0 Å². The molecule has 1 aromatic carbocycles. The van der Waals surface area contributed by atoms with Crippen LogP contribution in [0.5, 0.6) is 0 Å². The van der Waals surface area contributed by atoms with Crippen molar-refractivity contribution in [1.82, 2.24) is 14.4 Å². The predicted molar refractivity (Wildman–Crippen MR) is 73.9 cm³/mol. The summed E-state index contributed by atoms with van der Waals surface area (Å²) < 4.78 is 2.17. The predicted octanol–water partition coefficient (Wildman–Crippen LogP) is 3.49. The molecule has 0 aliphatic rings. The number of hydrogen-bond donors (Lipinski definition) is 0. The fourth-order valence-corrected chi connectivity index (χ4v) is 2.32. The van der Waals surface area contributed by atoms with Crippen molar-refractivity contribution >= 4 is 16.6 Å². The topological polar surface area (TPSA) is 30.2 Å². The first-order chi connectivity index (χ1) is 8.48. The molecule has 3 heteroatoms. The number of aromatic nitrogens is 3. The lowest BCUT2D eigenvalue weighted by Gasteiger charge is -2.21. The second-order valence-corrected chi connectivity index (χ2v) is 5.76. The average Bonchev–Trinajstić information content (AvgIpc) is 2.70. The Hall–Kier alpha value is -1.90. The first kappa shape index (κ1) is 11.2. The molecule has 92 valence electrons. The van der Waals surface area contributed by atoms with E-state index in [0.717, 1.165) is 28.1 Å². The molecule has 3 nitrogen and oxygen atoms in total. The zero-order valence-corrected chi connectivity index (χ0v) is 11.2. The zero-order valence-electron chi connectivity index (χ0n) is 11.2. The van der Waals surface area contributed by atoms with Crippen LogP contribution in [0.4, 0.5) is 0 Å². The van der Waals surface area contributed by atoms with Gasteiger partial charge in [-0.05, 0) is 19.1 Å². The number of imidazole rings is 1. The molecule has 3 rings (SSSR count). The lowest BCUT2D eigenvalue weighted by atomic mass is 9.95. The minimum absolute atomic E-state index is 0.00621. The number of para-hydroxylation sites is 1. The summed E-state index contributed by atoms with van der Waals surface area (Å²) in [6.45, 7) is 8.63. The first-order valence-electron chi connectivity index (χ1n) is 6.22. The van der Waals surface area contributed by atoms with Crippen LogP contribution < -0.4 is 0 Å². The SMILES string of the molecule is Cc1cnc2c3ccccc3nc(C(C)(C)C)n12. The highest BCUT2D eigenvalue weighted by Crippen LogP contribution is 2.27. The molecule has 18 heavy (non-hydrogen) atoms. The van der Waals surface area contributed by atoms with Gasteiger partial charge in [0.1, 0.15) is 11.5 Å². The molecular weight excluding hydrogens is 222 g/mol. The summed E-state index contributed by atoms with van der Waals surface area (Å²) in [6, 6.07) is 8.18.